The maximum atomic E-state index is 17.6. The number of nitrogens with zero attached hydrogens (tertiary/aromatic N) is 2. The Morgan fingerprint density at radius 1 is 1.06 bits per heavy atom. The second-order valence-corrected chi connectivity index (χ2v) is 16.1. The quantitative estimate of drug-likeness (QED) is 0.420. The van der Waals surface area contributed by atoms with E-state index in [1.165, 1.54) is 5.56 Å². The van der Waals surface area contributed by atoms with E-state index in [2.05, 4.69) is 75.7 Å². The van der Waals surface area contributed by atoms with Gasteiger partial charge in [-0.05, 0) is 52.4 Å². The van der Waals surface area contributed by atoms with E-state index in [4.69, 9.17) is 9.72 Å². The van der Waals surface area contributed by atoms with Crippen LogP contribution < -0.4 is 15.4 Å². The summed E-state index contributed by atoms with van der Waals surface area (Å²) in [5.74, 6) is 0.846. The van der Waals surface area contributed by atoms with E-state index < -0.39 is 18.5 Å². The van der Waals surface area contributed by atoms with Crippen LogP contribution in [0.5, 0.6) is 5.75 Å². The van der Waals surface area contributed by atoms with Crippen molar-refractivity contribution in [1.29, 1.82) is 0 Å². The van der Waals surface area contributed by atoms with Gasteiger partial charge < -0.3 is 18.7 Å². The number of hydrogen-bond donors (Lipinski definition) is 1. The maximum absolute atomic E-state index is 17.6. The standard InChI is InChI=1S/C26H36FN3OSi/c1-24(2,3)32(27,25(4,5)6)22-15-20-9-8-14-29-23(20)30(22)26(17-28-18-26)16-19-10-12-21(31-7)13-11-19/h8-15,28H,16-18H2,1-7H3. The number of hydrogen-bond acceptors (Lipinski definition) is 3. The molecule has 0 unspecified atom stereocenters. The third kappa shape index (κ3) is 3.48. The Balaban J connectivity index is 1.95. The highest BCUT2D eigenvalue weighted by atomic mass is 28.4. The summed E-state index contributed by atoms with van der Waals surface area (Å²) in [7, 11) is -1.82. The normalized spacial score (nSPS) is 16.8. The fourth-order valence-electron chi connectivity index (χ4n) is 5.56. The molecule has 3 aromatic rings. The minimum atomic E-state index is -3.51. The number of ether oxygens (including phenoxy) is 1. The van der Waals surface area contributed by atoms with Crippen molar-refractivity contribution in [3.8, 4) is 5.75 Å². The molecule has 2 aromatic heterocycles. The summed E-state index contributed by atoms with van der Waals surface area (Å²) >= 11 is 0. The lowest BCUT2D eigenvalue weighted by Crippen LogP contribution is -2.69. The molecule has 4 nitrogen and oxygen atoms in total. The van der Waals surface area contributed by atoms with Crippen molar-refractivity contribution < 1.29 is 8.84 Å². The molecule has 1 N–H and O–H groups in total. The van der Waals surface area contributed by atoms with Crippen LogP contribution in [0.25, 0.3) is 11.0 Å². The molecule has 0 radical (unpaired) electrons. The molecule has 32 heavy (non-hydrogen) atoms. The maximum Gasteiger partial charge on any atom is 0.304 e. The van der Waals surface area contributed by atoms with Gasteiger partial charge in [-0.3, -0.25) is 0 Å². The van der Waals surface area contributed by atoms with Gasteiger partial charge in [-0.15, -0.1) is 0 Å². The zero-order valence-corrected chi connectivity index (χ0v) is 21.4. The number of nitrogens with one attached hydrogen (secondary N) is 1. The first kappa shape index (κ1) is 23.0. The predicted molar refractivity (Wildman–Crippen MR) is 133 cm³/mol. The molecule has 4 rings (SSSR count). The Morgan fingerprint density at radius 2 is 1.69 bits per heavy atom. The minimum Gasteiger partial charge on any atom is -0.497 e. The number of fused-ring (bicyclic) bond motifs is 1. The van der Waals surface area contributed by atoms with Gasteiger partial charge in [-0.1, -0.05) is 53.7 Å². The first-order valence-electron chi connectivity index (χ1n) is 11.4. The molecule has 1 aromatic carbocycles. The molecular weight excluding hydrogens is 417 g/mol. The van der Waals surface area contributed by atoms with Crippen molar-refractivity contribution in [2.45, 2.75) is 63.6 Å². The van der Waals surface area contributed by atoms with E-state index in [0.29, 0.717) is 0 Å². The van der Waals surface area contributed by atoms with Gasteiger partial charge in [0.05, 0.1) is 12.6 Å². The molecule has 0 aliphatic carbocycles. The summed E-state index contributed by atoms with van der Waals surface area (Å²) in [6.45, 7) is 14.0. The van der Waals surface area contributed by atoms with Gasteiger partial charge >= 0.3 is 8.41 Å². The second-order valence-electron chi connectivity index (χ2n) is 11.3. The summed E-state index contributed by atoms with van der Waals surface area (Å²) in [6, 6.07) is 14.3. The fraction of sp³-hybridized carbons (Fsp3) is 0.500. The van der Waals surface area contributed by atoms with E-state index in [9.17, 15) is 0 Å². The monoisotopic (exact) mass is 453 g/mol. The molecule has 1 fully saturated rings. The van der Waals surface area contributed by atoms with Crippen molar-refractivity contribution in [2.24, 2.45) is 0 Å². The summed E-state index contributed by atoms with van der Waals surface area (Å²) in [6.07, 6.45) is 2.64. The van der Waals surface area contributed by atoms with Crippen LogP contribution in [-0.4, -0.2) is 38.2 Å². The molecule has 0 spiro atoms. The summed E-state index contributed by atoms with van der Waals surface area (Å²) in [5.41, 5.74) is 1.86. The van der Waals surface area contributed by atoms with Crippen molar-refractivity contribution in [1.82, 2.24) is 14.9 Å². The highest BCUT2D eigenvalue weighted by Gasteiger charge is 2.60. The van der Waals surface area contributed by atoms with Gasteiger partial charge in [-0.2, -0.15) is 0 Å². The van der Waals surface area contributed by atoms with Crippen molar-refractivity contribution in [3.05, 3.63) is 54.2 Å². The Morgan fingerprint density at radius 3 is 2.19 bits per heavy atom. The number of methoxy groups -OCH3 is 1. The SMILES string of the molecule is COc1ccc(CC2(n3c([Si](F)(C(C)(C)C)C(C)(C)C)cc4cccnc43)CNC2)cc1. The lowest BCUT2D eigenvalue weighted by Gasteiger charge is -2.50. The van der Waals surface area contributed by atoms with Gasteiger partial charge in [0, 0.05) is 30.0 Å². The topological polar surface area (TPSA) is 39.1 Å². The van der Waals surface area contributed by atoms with E-state index >= 15 is 4.11 Å². The third-order valence-electron chi connectivity index (χ3n) is 7.06. The summed E-state index contributed by atoms with van der Waals surface area (Å²) in [5, 5.41) is 4.43. The molecule has 0 saturated carbocycles. The van der Waals surface area contributed by atoms with Gasteiger partial charge in [0.1, 0.15) is 11.4 Å². The molecule has 0 amide bonds. The number of rotatable bonds is 5. The molecule has 1 aliphatic rings. The highest BCUT2D eigenvalue weighted by Crippen LogP contribution is 2.52. The number of halogens is 1. The molecule has 1 aliphatic heterocycles. The number of pyridine rings is 1. The number of aromatic nitrogens is 2. The Labute approximate surface area is 192 Å². The zero-order valence-electron chi connectivity index (χ0n) is 20.4. The van der Waals surface area contributed by atoms with E-state index in [1.54, 1.807) is 7.11 Å². The average molecular weight is 454 g/mol. The van der Waals surface area contributed by atoms with Crippen LogP contribution in [0.2, 0.25) is 10.1 Å². The van der Waals surface area contributed by atoms with Crippen LogP contribution in [-0.2, 0) is 12.0 Å². The molecule has 172 valence electrons. The van der Waals surface area contributed by atoms with Crippen LogP contribution >= 0.6 is 0 Å². The van der Waals surface area contributed by atoms with E-state index in [1.807, 2.05) is 24.4 Å². The van der Waals surface area contributed by atoms with Crippen LogP contribution in [0.3, 0.4) is 0 Å². The van der Waals surface area contributed by atoms with E-state index in [0.717, 1.165) is 41.6 Å². The minimum absolute atomic E-state index is 0.249. The molecule has 0 atom stereocenters. The van der Waals surface area contributed by atoms with Crippen LogP contribution in [0.1, 0.15) is 47.1 Å². The summed E-state index contributed by atoms with van der Waals surface area (Å²) in [4.78, 5) is 4.77. The predicted octanol–water partition coefficient (Wildman–Crippen LogP) is 5.31. The first-order valence-corrected chi connectivity index (χ1v) is 13.3. The average Bonchev–Trinajstić information content (AvgIpc) is 3.09. The lowest BCUT2D eigenvalue weighted by molar-refractivity contribution is 0.182. The van der Waals surface area contributed by atoms with Gasteiger partial charge in [0.25, 0.3) is 0 Å². The smallest absolute Gasteiger partial charge is 0.304 e. The lowest BCUT2D eigenvalue weighted by atomic mass is 9.84. The van der Waals surface area contributed by atoms with E-state index in [-0.39, 0.29) is 5.54 Å². The molecule has 1 saturated heterocycles. The van der Waals surface area contributed by atoms with Crippen LogP contribution in [0.15, 0.2) is 48.7 Å². The molecule has 6 heteroatoms. The molecule has 3 heterocycles. The van der Waals surface area contributed by atoms with Crippen LogP contribution in [0.4, 0.5) is 4.11 Å². The Kier molecular flexibility index (Phi) is 5.53. The Bertz CT molecular complexity index is 1090. The van der Waals surface area contributed by atoms with Crippen molar-refractivity contribution in [2.75, 3.05) is 20.2 Å². The fourth-order valence-corrected chi connectivity index (χ4v) is 10.4. The largest absolute Gasteiger partial charge is 0.497 e. The van der Waals surface area contributed by atoms with Crippen LogP contribution in [0, 0.1) is 0 Å². The molecular formula is C26H36FN3OSi. The first-order chi connectivity index (χ1) is 14.9. The van der Waals surface area contributed by atoms with Crippen molar-refractivity contribution >= 4 is 24.8 Å². The van der Waals surface area contributed by atoms with Crippen molar-refractivity contribution in [3.63, 3.8) is 0 Å². The highest BCUT2D eigenvalue weighted by molar-refractivity contribution is 6.90. The summed E-state index contributed by atoms with van der Waals surface area (Å²) < 4.78 is 25.2. The van der Waals surface area contributed by atoms with Gasteiger partial charge in [0.15, 0.2) is 0 Å². The molecule has 0 bridgehead atoms. The van der Waals surface area contributed by atoms with Gasteiger partial charge in [0.2, 0.25) is 0 Å². The third-order valence-corrected chi connectivity index (χ3v) is 12.3. The Hall–Kier alpha value is -2.18. The second kappa shape index (κ2) is 7.70. The van der Waals surface area contributed by atoms with Gasteiger partial charge in [-0.25, -0.2) is 4.98 Å². The number of benzene rings is 1. The zero-order chi connectivity index (χ0) is 23.4.